The van der Waals surface area contributed by atoms with Crippen LogP contribution in [0.4, 0.5) is 5.69 Å². The molecule has 0 radical (unpaired) electrons. The zero-order valence-corrected chi connectivity index (χ0v) is 18.3. The number of anilines is 1. The average Bonchev–Trinajstić information content (AvgIpc) is 2.66. The van der Waals surface area contributed by atoms with E-state index in [9.17, 15) is 4.79 Å². The van der Waals surface area contributed by atoms with Gasteiger partial charge in [0.05, 0.1) is 19.3 Å². The minimum Gasteiger partial charge on any atom is -0.495 e. The lowest BCUT2D eigenvalue weighted by molar-refractivity contribution is -0.114. The summed E-state index contributed by atoms with van der Waals surface area (Å²) in [6.07, 6.45) is 0. The predicted molar refractivity (Wildman–Crippen MR) is 118 cm³/mol. The molecule has 7 heteroatoms. The Morgan fingerprint density at radius 1 is 1.18 bits per heavy atom. The second kappa shape index (κ2) is 10.7. The standard InChI is InChI=1S/C21H27BrN4O2/c1-5-23-21(26(3)14-16-6-9-18(22)10-7-16)24-13-17-8-11-20(28-4)19(12-17)25-15(2)27/h6-12H,5,13-14H2,1-4H3,(H,23,24)(H,25,27). The molecule has 2 aromatic rings. The second-order valence-corrected chi connectivity index (χ2v) is 7.28. The molecule has 0 saturated heterocycles. The number of halogens is 1. The number of hydrogen-bond donors (Lipinski definition) is 2. The van der Waals surface area contributed by atoms with Crippen LogP contribution in [0.25, 0.3) is 0 Å². The van der Waals surface area contributed by atoms with Crippen molar-refractivity contribution in [3.63, 3.8) is 0 Å². The highest BCUT2D eigenvalue weighted by Gasteiger charge is 2.09. The van der Waals surface area contributed by atoms with Crippen LogP contribution < -0.4 is 15.4 Å². The summed E-state index contributed by atoms with van der Waals surface area (Å²) in [4.78, 5) is 18.2. The van der Waals surface area contributed by atoms with E-state index in [1.54, 1.807) is 7.11 Å². The van der Waals surface area contributed by atoms with Gasteiger partial charge in [0.1, 0.15) is 5.75 Å². The van der Waals surface area contributed by atoms with E-state index in [2.05, 4.69) is 43.6 Å². The normalized spacial score (nSPS) is 11.1. The molecule has 2 aromatic carbocycles. The Morgan fingerprint density at radius 3 is 2.46 bits per heavy atom. The first-order chi connectivity index (χ1) is 13.4. The number of rotatable bonds is 7. The maximum absolute atomic E-state index is 11.4. The molecular weight excluding hydrogens is 420 g/mol. The third-order valence-electron chi connectivity index (χ3n) is 4.02. The number of nitrogens with zero attached hydrogens (tertiary/aromatic N) is 2. The number of methoxy groups -OCH3 is 1. The largest absolute Gasteiger partial charge is 0.495 e. The number of nitrogens with one attached hydrogen (secondary N) is 2. The van der Waals surface area contributed by atoms with Gasteiger partial charge in [0.15, 0.2) is 5.96 Å². The molecule has 0 unspecified atom stereocenters. The van der Waals surface area contributed by atoms with Gasteiger partial charge in [0.25, 0.3) is 0 Å². The summed E-state index contributed by atoms with van der Waals surface area (Å²) in [6.45, 7) is 5.54. The van der Waals surface area contributed by atoms with E-state index in [1.165, 1.54) is 12.5 Å². The molecule has 0 aliphatic carbocycles. The summed E-state index contributed by atoms with van der Waals surface area (Å²) in [7, 11) is 3.60. The molecule has 0 heterocycles. The molecule has 2 rings (SSSR count). The lowest BCUT2D eigenvalue weighted by Gasteiger charge is -2.22. The van der Waals surface area contributed by atoms with Gasteiger partial charge in [-0.3, -0.25) is 4.79 Å². The monoisotopic (exact) mass is 446 g/mol. The smallest absolute Gasteiger partial charge is 0.221 e. The molecule has 0 atom stereocenters. The van der Waals surface area contributed by atoms with Gasteiger partial charge in [-0.1, -0.05) is 34.1 Å². The molecule has 0 spiro atoms. The van der Waals surface area contributed by atoms with Gasteiger partial charge < -0.3 is 20.3 Å². The van der Waals surface area contributed by atoms with E-state index < -0.39 is 0 Å². The van der Waals surface area contributed by atoms with Gasteiger partial charge in [-0.25, -0.2) is 4.99 Å². The molecule has 0 fully saturated rings. The fraction of sp³-hybridized carbons (Fsp3) is 0.333. The minimum absolute atomic E-state index is 0.137. The fourth-order valence-electron chi connectivity index (χ4n) is 2.72. The van der Waals surface area contributed by atoms with Crippen LogP contribution in [0.5, 0.6) is 5.75 Å². The minimum atomic E-state index is -0.137. The Morgan fingerprint density at radius 2 is 1.86 bits per heavy atom. The number of aliphatic imine (C=N–C) groups is 1. The Hall–Kier alpha value is -2.54. The molecule has 0 aliphatic rings. The van der Waals surface area contributed by atoms with Crippen molar-refractivity contribution in [3.8, 4) is 5.75 Å². The zero-order chi connectivity index (χ0) is 20.5. The Bertz CT molecular complexity index is 822. The number of carbonyl (C=O) groups is 1. The first-order valence-corrected chi connectivity index (χ1v) is 9.90. The Labute approximate surface area is 175 Å². The van der Waals surface area contributed by atoms with Gasteiger partial charge in [-0.05, 0) is 42.3 Å². The van der Waals surface area contributed by atoms with Crippen LogP contribution in [-0.4, -0.2) is 37.5 Å². The van der Waals surface area contributed by atoms with E-state index >= 15 is 0 Å². The number of guanidine groups is 1. The van der Waals surface area contributed by atoms with Gasteiger partial charge in [0.2, 0.25) is 5.91 Å². The highest BCUT2D eigenvalue weighted by Crippen LogP contribution is 2.25. The molecular formula is C21H27BrN4O2. The quantitative estimate of drug-likeness (QED) is 0.497. The summed E-state index contributed by atoms with van der Waals surface area (Å²) in [5.41, 5.74) is 2.83. The molecule has 6 nitrogen and oxygen atoms in total. The summed E-state index contributed by atoms with van der Waals surface area (Å²) >= 11 is 3.46. The van der Waals surface area contributed by atoms with Crippen LogP contribution in [0.3, 0.4) is 0 Å². The third-order valence-corrected chi connectivity index (χ3v) is 4.54. The van der Waals surface area contributed by atoms with E-state index in [0.717, 1.165) is 29.1 Å². The van der Waals surface area contributed by atoms with E-state index in [1.807, 2.05) is 44.3 Å². The summed E-state index contributed by atoms with van der Waals surface area (Å²) < 4.78 is 6.37. The number of hydrogen-bond acceptors (Lipinski definition) is 3. The lowest BCUT2D eigenvalue weighted by Crippen LogP contribution is -2.38. The maximum Gasteiger partial charge on any atom is 0.221 e. The number of amides is 1. The third kappa shape index (κ3) is 6.56. The highest BCUT2D eigenvalue weighted by molar-refractivity contribution is 9.10. The molecule has 0 aliphatic heterocycles. The van der Waals surface area contributed by atoms with Gasteiger partial charge in [-0.15, -0.1) is 0 Å². The number of benzene rings is 2. The van der Waals surface area contributed by atoms with Crippen molar-refractivity contribution < 1.29 is 9.53 Å². The van der Waals surface area contributed by atoms with E-state index in [0.29, 0.717) is 18.0 Å². The van der Waals surface area contributed by atoms with Crippen molar-refractivity contribution in [2.24, 2.45) is 4.99 Å². The van der Waals surface area contributed by atoms with Crippen LogP contribution in [-0.2, 0) is 17.9 Å². The van der Waals surface area contributed by atoms with Crippen molar-refractivity contribution in [2.75, 3.05) is 26.0 Å². The summed E-state index contributed by atoms with van der Waals surface area (Å²) in [5, 5.41) is 6.12. The SMILES string of the molecule is CCNC(=NCc1ccc(OC)c(NC(C)=O)c1)N(C)Cc1ccc(Br)cc1. The summed E-state index contributed by atoms with van der Waals surface area (Å²) in [5.74, 6) is 1.31. The maximum atomic E-state index is 11.4. The van der Waals surface area contributed by atoms with Gasteiger partial charge in [-0.2, -0.15) is 0 Å². The number of carbonyl (C=O) groups excluding carboxylic acids is 1. The van der Waals surface area contributed by atoms with Crippen molar-refractivity contribution in [2.45, 2.75) is 26.9 Å². The van der Waals surface area contributed by atoms with Crippen molar-refractivity contribution in [1.29, 1.82) is 0 Å². The van der Waals surface area contributed by atoms with Crippen LogP contribution >= 0.6 is 15.9 Å². The molecule has 2 N–H and O–H groups in total. The molecule has 0 bridgehead atoms. The second-order valence-electron chi connectivity index (χ2n) is 6.37. The highest BCUT2D eigenvalue weighted by atomic mass is 79.9. The lowest BCUT2D eigenvalue weighted by atomic mass is 10.2. The van der Waals surface area contributed by atoms with Crippen LogP contribution in [0.15, 0.2) is 51.9 Å². The zero-order valence-electron chi connectivity index (χ0n) is 16.8. The van der Waals surface area contributed by atoms with Crippen molar-refractivity contribution in [3.05, 3.63) is 58.1 Å². The molecule has 0 aromatic heterocycles. The molecule has 1 amide bonds. The number of ether oxygens (including phenoxy) is 1. The van der Waals surface area contributed by atoms with E-state index in [-0.39, 0.29) is 5.91 Å². The van der Waals surface area contributed by atoms with Crippen LogP contribution in [0, 0.1) is 0 Å². The molecule has 28 heavy (non-hydrogen) atoms. The van der Waals surface area contributed by atoms with Crippen LogP contribution in [0.1, 0.15) is 25.0 Å². The van der Waals surface area contributed by atoms with Gasteiger partial charge in [0, 0.05) is 31.5 Å². The first-order valence-electron chi connectivity index (χ1n) is 9.11. The summed E-state index contributed by atoms with van der Waals surface area (Å²) in [6, 6.07) is 13.9. The molecule has 0 saturated carbocycles. The van der Waals surface area contributed by atoms with Crippen molar-refractivity contribution in [1.82, 2.24) is 10.2 Å². The molecule has 150 valence electrons. The fourth-order valence-corrected chi connectivity index (χ4v) is 2.98. The predicted octanol–water partition coefficient (Wildman–Crippen LogP) is 4.01. The van der Waals surface area contributed by atoms with Crippen LogP contribution in [0.2, 0.25) is 0 Å². The Kier molecular flexibility index (Phi) is 8.32. The first kappa shape index (κ1) is 21.8. The topological polar surface area (TPSA) is 66.0 Å². The Balaban J connectivity index is 2.14. The average molecular weight is 447 g/mol. The van der Waals surface area contributed by atoms with Gasteiger partial charge >= 0.3 is 0 Å². The van der Waals surface area contributed by atoms with E-state index in [4.69, 9.17) is 9.73 Å². The van der Waals surface area contributed by atoms with Crippen molar-refractivity contribution >= 4 is 33.5 Å².